The lowest BCUT2D eigenvalue weighted by atomic mass is 10.1. The fraction of sp³-hybridized carbons (Fsp3) is 0.438. The van der Waals surface area contributed by atoms with Crippen LogP contribution in [-0.4, -0.2) is 31.1 Å². The molecule has 6 nitrogen and oxygen atoms in total. The second-order valence-corrected chi connectivity index (χ2v) is 7.10. The van der Waals surface area contributed by atoms with E-state index in [2.05, 4.69) is 9.71 Å². The van der Waals surface area contributed by atoms with Crippen molar-refractivity contribution in [3.8, 4) is 5.75 Å². The minimum atomic E-state index is -3.52. The Kier molecular flexibility index (Phi) is 5.79. The van der Waals surface area contributed by atoms with Crippen LogP contribution in [0.3, 0.4) is 0 Å². The zero-order valence-corrected chi connectivity index (χ0v) is 14.6. The van der Waals surface area contributed by atoms with Crippen LogP contribution in [0.5, 0.6) is 5.75 Å². The second-order valence-electron chi connectivity index (χ2n) is 5.37. The Bertz CT molecular complexity index is 740. The maximum atomic E-state index is 12.5. The van der Waals surface area contributed by atoms with Gasteiger partial charge < -0.3 is 9.30 Å². The summed E-state index contributed by atoms with van der Waals surface area (Å²) in [6, 6.07) is 3.44. The first-order valence-corrected chi connectivity index (χ1v) is 9.12. The summed E-state index contributed by atoms with van der Waals surface area (Å²) in [5.74, 6) is 0.726. The number of hydrogen-bond donors (Lipinski definition) is 1. The van der Waals surface area contributed by atoms with Gasteiger partial charge in [0.15, 0.2) is 0 Å². The van der Waals surface area contributed by atoms with Crippen molar-refractivity contribution in [3.05, 3.63) is 42.0 Å². The molecule has 0 unspecified atom stereocenters. The first-order valence-electron chi connectivity index (χ1n) is 7.63. The minimum Gasteiger partial charge on any atom is -0.494 e. The Morgan fingerprint density at radius 3 is 2.70 bits per heavy atom. The summed E-state index contributed by atoms with van der Waals surface area (Å²) in [5, 5.41) is 0. The molecule has 1 aromatic heterocycles. The third-order valence-corrected chi connectivity index (χ3v) is 5.11. The molecule has 126 valence electrons. The second kappa shape index (κ2) is 7.61. The molecule has 0 aliphatic rings. The van der Waals surface area contributed by atoms with Gasteiger partial charge in [0.25, 0.3) is 0 Å². The van der Waals surface area contributed by atoms with Crippen LogP contribution in [0, 0.1) is 13.8 Å². The fourth-order valence-electron chi connectivity index (χ4n) is 2.33. The zero-order valence-electron chi connectivity index (χ0n) is 13.7. The van der Waals surface area contributed by atoms with Gasteiger partial charge in [0, 0.05) is 25.5 Å². The van der Waals surface area contributed by atoms with Gasteiger partial charge >= 0.3 is 0 Å². The summed E-state index contributed by atoms with van der Waals surface area (Å²) in [6.45, 7) is 7.20. The van der Waals surface area contributed by atoms with Crippen molar-refractivity contribution in [2.24, 2.45) is 0 Å². The number of ether oxygens (including phenoxy) is 1. The summed E-state index contributed by atoms with van der Waals surface area (Å²) >= 11 is 0. The molecule has 2 rings (SSSR count). The first-order chi connectivity index (χ1) is 10.9. The topological polar surface area (TPSA) is 73.2 Å². The Balaban J connectivity index is 2.02. The normalized spacial score (nSPS) is 11.6. The van der Waals surface area contributed by atoms with Crippen molar-refractivity contribution < 1.29 is 13.2 Å². The molecule has 0 aliphatic heterocycles. The third kappa shape index (κ3) is 4.56. The average molecular weight is 337 g/mol. The molecule has 0 atom stereocenters. The predicted molar refractivity (Wildman–Crippen MR) is 89.1 cm³/mol. The highest BCUT2D eigenvalue weighted by Gasteiger charge is 2.18. The highest BCUT2D eigenvalue weighted by molar-refractivity contribution is 7.89. The maximum Gasteiger partial charge on any atom is 0.240 e. The molecular weight excluding hydrogens is 314 g/mol. The van der Waals surface area contributed by atoms with E-state index in [-0.39, 0.29) is 0 Å². The highest BCUT2D eigenvalue weighted by atomic mass is 32.2. The molecular formula is C16H23N3O3S. The lowest BCUT2D eigenvalue weighted by Crippen LogP contribution is -2.26. The number of aromatic nitrogens is 2. The van der Waals surface area contributed by atoms with E-state index >= 15 is 0 Å². The summed E-state index contributed by atoms with van der Waals surface area (Å²) < 4.78 is 35.0. The molecule has 23 heavy (non-hydrogen) atoms. The molecule has 2 aromatic rings. The number of sulfonamides is 1. The smallest absolute Gasteiger partial charge is 0.240 e. The third-order valence-electron chi connectivity index (χ3n) is 3.51. The van der Waals surface area contributed by atoms with Crippen LogP contribution in [0.2, 0.25) is 0 Å². The number of hydrogen-bond acceptors (Lipinski definition) is 4. The van der Waals surface area contributed by atoms with E-state index in [9.17, 15) is 8.42 Å². The summed E-state index contributed by atoms with van der Waals surface area (Å²) in [6.07, 6.45) is 5.98. The summed E-state index contributed by atoms with van der Waals surface area (Å²) in [5.41, 5.74) is 1.50. The number of imidazole rings is 1. The maximum absolute atomic E-state index is 12.5. The molecule has 1 N–H and O–H groups in total. The van der Waals surface area contributed by atoms with Gasteiger partial charge in [-0.2, -0.15) is 0 Å². The monoisotopic (exact) mass is 337 g/mol. The summed E-state index contributed by atoms with van der Waals surface area (Å²) in [7, 11) is -3.52. The zero-order chi connectivity index (χ0) is 16.9. The summed E-state index contributed by atoms with van der Waals surface area (Å²) in [4.78, 5) is 4.26. The number of nitrogens with one attached hydrogen (secondary N) is 1. The number of rotatable bonds is 8. The molecule has 0 saturated carbocycles. The lowest BCUT2D eigenvalue weighted by Gasteiger charge is -2.13. The van der Waals surface area contributed by atoms with E-state index in [4.69, 9.17) is 4.74 Å². The van der Waals surface area contributed by atoms with Crippen LogP contribution in [0.1, 0.15) is 24.5 Å². The molecule has 0 fully saturated rings. The standard InChI is InChI=1S/C16H23N3O3S/c1-4-22-15-10-14(3)16(11-13(15)2)23(20,21)18-6-5-8-19-9-7-17-12-19/h7,9-12,18H,4-6,8H2,1-3H3. The first kappa shape index (κ1) is 17.5. The minimum absolute atomic E-state index is 0.307. The van der Waals surface area contributed by atoms with Gasteiger partial charge in [-0.3, -0.25) is 0 Å². The van der Waals surface area contributed by atoms with Crippen LogP contribution in [0.25, 0.3) is 0 Å². The van der Waals surface area contributed by atoms with Gasteiger partial charge in [-0.25, -0.2) is 18.1 Å². The van der Waals surface area contributed by atoms with Crippen LogP contribution in [0.15, 0.2) is 35.7 Å². The predicted octanol–water partition coefficient (Wildman–Crippen LogP) is 2.27. The van der Waals surface area contributed by atoms with Crippen molar-refractivity contribution in [2.45, 2.75) is 38.6 Å². The van der Waals surface area contributed by atoms with Gasteiger partial charge in [-0.15, -0.1) is 0 Å². The lowest BCUT2D eigenvalue weighted by molar-refractivity contribution is 0.337. The average Bonchev–Trinajstić information content (AvgIpc) is 3.00. The Morgan fingerprint density at radius 1 is 1.26 bits per heavy atom. The Labute approximate surface area is 137 Å². The molecule has 0 bridgehead atoms. The fourth-order valence-corrected chi connectivity index (χ4v) is 3.71. The number of benzene rings is 1. The molecule has 1 heterocycles. The molecule has 1 aromatic carbocycles. The van der Waals surface area contributed by atoms with E-state index in [0.29, 0.717) is 30.0 Å². The van der Waals surface area contributed by atoms with Crippen molar-refractivity contribution in [1.29, 1.82) is 0 Å². The van der Waals surface area contributed by atoms with Gasteiger partial charge in [0.05, 0.1) is 17.8 Å². The number of aryl methyl sites for hydroxylation is 3. The molecule has 0 aliphatic carbocycles. The van der Waals surface area contributed by atoms with E-state index in [0.717, 1.165) is 17.9 Å². The van der Waals surface area contributed by atoms with Crippen LogP contribution >= 0.6 is 0 Å². The largest absolute Gasteiger partial charge is 0.494 e. The van der Waals surface area contributed by atoms with Crippen molar-refractivity contribution >= 4 is 10.0 Å². The Hall–Kier alpha value is -1.86. The molecule has 0 radical (unpaired) electrons. The van der Waals surface area contributed by atoms with Crippen molar-refractivity contribution in [3.63, 3.8) is 0 Å². The molecule has 0 amide bonds. The quantitative estimate of drug-likeness (QED) is 0.750. The van der Waals surface area contributed by atoms with E-state index < -0.39 is 10.0 Å². The van der Waals surface area contributed by atoms with Crippen molar-refractivity contribution in [1.82, 2.24) is 14.3 Å². The Morgan fingerprint density at radius 2 is 2.04 bits per heavy atom. The molecule has 7 heteroatoms. The van der Waals surface area contributed by atoms with Crippen LogP contribution < -0.4 is 9.46 Å². The van der Waals surface area contributed by atoms with Gasteiger partial charge in [0.2, 0.25) is 10.0 Å². The number of nitrogens with zero attached hydrogens (tertiary/aromatic N) is 2. The molecule has 0 spiro atoms. The van der Waals surface area contributed by atoms with Gasteiger partial charge in [0.1, 0.15) is 5.75 Å². The van der Waals surface area contributed by atoms with Crippen molar-refractivity contribution in [2.75, 3.05) is 13.2 Å². The highest BCUT2D eigenvalue weighted by Crippen LogP contribution is 2.25. The SMILES string of the molecule is CCOc1cc(C)c(S(=O)(=O)NCCCn2ccnc2)cc1C. The van der Waals surface area contributed by atoms with Gasteiger partial charge in [-0.1, -0.05) is 0 Å². The van der Waals surface area contributed by atoms with E-state index in [1.165, 1.54) is 0 Å². The van der Waals surface area contributed by atoms with Crippen LogP contribution in [0.4, 0.5) is 0 Å². The van der Waals surface area contributed by atoms with Crippen LogP contribution in [-0.2, 0) is 16.6 Å². The van der Waals surface area contributed by atoms with E-state index in [1.54, 1.807) is 31.6 Å². The van der Waals surface area contributed by atoms with E-state index in [1.807, 2.05) is 24.6 Å². The van der Waals surface area contributed by atoms with Gasteiger partial charge in [-0.05, 0) is 50.5 Å². The molecule has 0 saturated heterocycles.